The Labute approximate surface area is 117 Å². The molecule has 3 rings (SSSR count). The third-order valence-electron chi connectivity index (χ3n) is 3.67. The zero-order valence-electron chi connectivity index (χ0n) is 11.6. The van der Waals surface area contributed by atoms with E-state index in [0.717, 1.165) is 25.8 Å². The molecule has 1 aromatic rings. The summed E-state index contributed by atoms with van der Waals surface area (Å²) in [5.74, 6) is 0.686. The molecule has 0 spiro atoms. The number of aromatic nitrogens is 2. The molecule has 1 aliphatic heterocycles. The lowest BCUT2D eigenvalue weighted by atomic mass is 10.0. The van der Waals surface area contributed by atoms with Crippen LogP contribution >= 0.6 is 0 Å². The summed E-state index contributed by atoms with van der Waals surface area (Å²) in [6.45, 7) is 3.96. The number of nitrogens with one attached hydrogen (secondary N) is 2. The van der Waals surface area contributed by atoms with E-state index in [1.807, 2.05) is 0 Å². The largest absolute Gasteiger partial charge is 0.408 e. The van der Waals surface area contributed by atoms with E-state index in [1.54, 1.807) is 0 Å². The molecule has 110 valence electrons. The normalized spacial score (nSPS) is 25.9. The SMILES string of the molecule is CCCNC1COCC1C(=O)Nc1nnc(C2CC2)o1. The minimum atomic E-state index is -0.210. The molecule has 7 nitrogen and oxygen atoms in total. The maximum atomic E-state index is 12.2. The topological polar surface area (TPSA) is 89.3 Å². The summed E-state index contributed by atoms with van der Waals surface area (Å²) in [7, 11) is 0. The summed E-state index contributed by atoms with van der Waals surface area (Å²) in [6.07, 6.45) is 3.21. The van der Waals surface area contributed by atoms with Crippen LogP contribution in [-0.4, -0.2) is 41.9 Å². The molecule has 0 bridgehead atoms. The quantitative estimate of drug-likeness (QED) is 0.804. The Morgan fingerprint density at radius 2 is 2.20 bits per heavy atom. The summed E-state index contributed by atoms with van der Waals surface area (Å²) in [5.41, 5.74) is 0. The summed E-state index contributed by atoms with van der Waals surface area (Å²) in [5, 5.41) is 13.8. The van der Waals surface area contributed by atoms with Crippen molar-refractivity contribution < 1.29 is 13.9 Å². The van der Waals surface area contributed by atoms with E-state index in [-0.39, 0.29) is 23.9 Å². The van der Waals surface area contributed by atoms with Crippen molar-refractivity contribution in [3.8, 4) is 0 Å². The number of rotatable bonds is 6. The molecule has 0 radical (unpaired) electrons. The van der Waals surface area contributed by atoms with Crippen LogP contribution in [0.5, 0.6) is 0 Å². The highest BCUT2D eigenvalue weighted by Crippen LogP contribution is 2.39. The standard InChI is InChI=1S/C13H20N4O3/c1-2-5-14-10-7-19-6-9(10)11(18)15-13-17-16-12(20-13)8-3-4-8/h8-10,14H,2-7H2,1H3,(H,15,17,18). The lowest BCUT2D eigenvalue weighted by molar-refractivity contribution is -0.120. The van der Waals surface area contributed by atoms with Crippen molar-refractivity contribution in [2.24, 2.45) is 5.92 Å². The molecular weight excluding hydrogens is 260 g/mol. The zero-order chi connectivity index (χ0) is 13.9. The second kappa shape index (κ2) is 5.88. The Kier molecular flexibility index (Phi) is 3.98. The van der Waals surface area contributed by atoms with Gasteiger partial charge in [0.15, 0.2) is 0 Å². The summed E-state index contributed by atoms with van der Waals surface area (Å²) < 4.78 is 10.8. The average Bonchev–Trinajstić information content (AvgIpc) is 3.01. The first-order chi connectivity index (χ1) is 9.78. The maximum Gasteiger partial charge on any atom is 0.322 e. The van der Waals surface area contributed by atoms with Gasteiger partial charge in [0.1, 0.15) is 0 Å². The highest BCUT2D eigenvalue weighted by molar-refractivity contribution is 5.91. The van der Waals surface area contributed by atoms with Crippen molar-refractivity contribution in [1.29, 1.82) is 0 Å². The van der Waals surface area contributed by atoms with Crippen LogP contribution in [0.2, 0.25) is 0 Å². The Bertz CT molecular complexity index is 472. The molecule has 1 aromatic heterocycles. The van der Waals surface area contributed by atoms with Crippen LogP contribution in [0.25, 0.3) is 0 Å². The first-order valence-electron chi connectivity index (χ1n) is 7.23. The number of carbonyl (C=O) groups excluding carboxylic acids is 1. The van der Waals surface area contributed by atoms with Gasteiger partial charge in [-0.25, -0.2) is 0 Å². The van der Waals surface area contributed by atoms with Gasteiger partial charge in [-0.1, -0.05) is 12.0 Å². The lowest BCUT2D eigenvalue weighted by Crippen LogP contribution is -2.41. The van der Waals surface area contributed by atoms with Gasteiger partial charge >= 0.3 is 6.01 Å². The number of amides is 1. The Morgan fingerprint density at radius 3 is 2.95 bits per heavy atom. The van der Waals surface area contributed by atoms with E-state index >= 15 is 0 Å². The number of nitrogens with zero attached hydrogens (tertiary/aromatic N) is 2. The molecule has 2 heterocycles. The van der Waals surface area contributed by atoms with Gasteiger partial charge < -0.3 is 14.5 Å². The summed E-state index contributed by atoms with van der Waals surface area (Å²) in [4.78, 5) is 12.2. The second-order valence-electron chi connectivity index (χ2n) is 5.41. The van der Waals surface area contributed by atoms with Gasteiger partial charge in [-0.15, -0.1) is 5.10 Å². The fourth-order valence-corrected chi connectivity index (χ4v) is 2.32. The second-order valence-corrected chi connectivity index (χ2v) is 5.41. The van der Waals surface area contributed by atoms with Gasteiger partial charge in [0.05, 0.1) is 19.1 Å². The van der Waals surface area contributed by atoms with E-state index in [1.165, 1.54) is 0 Å². The molecule has 2 aliphatic rings. The summed E-state index contributed by atoms with van der Waals surface area (Å²) in [6, 6.07) is 0.249. The number of ether oxygens (including phenoxy) is 1. The van der Waals surface area contributed by atoms with Crippen molar-refractivity contribution in [1.82, 2.24) is 15.5 Å². The van der Waals surface area contributed by atoms with Crippen molar-refractivity contribution in [3.05, 3.63) is 5.89 Å². The van der Waals surface area contributed by atoms with Crippen molar-refractivity contribution >= 4 is 11.9 Å². The van der Waals surface area contributed by atoms with E-state index in [9.17, 15) is 4.79 Å². The fraction of sp³-hybridized carbons (Fsp3) is 0.769. The monoisotopic (exact) mass is 280 g/mol. The average molecular weight is 280 g/mol. The van der Waals surface area contributed by atoms with Crippen molar-refractivity contribution in [2.45, 2.75) is 38.1 Å². The minimum absolute atomic E-state index is 0.0563. The first kappa shape index (κ1) is 13.5. The van der Waals surface area contributed by atoms with Crippen LogP contribution in [-0.2, 0) is 9.53 Å². The van der Waals surface area contributed by atoms with Crippen molar-refractivity contribution in [2.75, 3.05) is 25.1 Å². The first-order valence-corrected chi connectivity index (χ1v) is 7.23. The molecule has 1 saturated carbocycles. The predicted octanol–water partition coefficient (Wildman–Crippen LogP) is 0.900. The predicted molar refractivity (Wildman–Crippen MR) is 71.3 cm³/mol. The van der Waals surface area contributed by atoms with Gasteiger partial charge in [-0.05, 0) is 25.8 Å². The molecule has 1 aliphatic carbocycles. The highest BCUT2D eigenvalue weighted by atomic mass is 16.5. The van der Waals surface area contributed by atoms with Crippen LogP contribution in [0.1, 0.15) is 38.0 Å². The molecule has 2 atom stereocenters. The van der Waals surface area contributed by atoms with Crippen LogP contribution in [0.4, 0.5) is 6.01 Å². The number of hydrogen-bond acceptors (Lipinski definition) is 6. The van der Waals surface area contributed by atoms with Gasteiger partial charge in [0.25, 0.3) is 0 Å². The lowest BCUT2D eigenvalue weighted by Gasteiger charge is -2.17. The molecule has 20 heavy (non-hydrogen) atoms. The molecule has 0 aromatic carbocycles. The molecule has 1 saturated heterocycles. The molecular formula is C13H20N4O3. The number of anilines is 1. The Hall–Kier alpha value is -1.47. The van der Waals surface area contributed by atoms with Crippen LogP contribution in [0.3, 0.4) is 0 Å². The van der Waals surface area contributed by atoms with E-state index in [2.05, 4.69) is 27.8 Å². The van der Waals surface area contributed by atoms with Gasteiger partial charge in [-0.2, -0.15) is 0 Å². The third kappa shape index (κ3) is 2.99. The zero-order valence-corrected chi connectivity index (χ0v) is 11.6. The Balaban J connectivity index is 1.56. The fourth-order valence-electron chi connectivity index (χ4n) is 2.32. The highest BCUT2D eigenvalue weighted by Gasteiger charge is 2.35. The number of hydrogen-bond donors (Lipinski definition) is 2. The molecule has 1 amide bonds. The number of carbonyl (C=O) groups is 1. The van der Waals surface area contributed by atoms with Gasteiger partial charge in [0, 0.05) is 12.0 Å². The third-order valence-corrected chi connectivity index (χ3v) is 3.67. The van der Waals surface area contributed by atoms with Crippen LogP contribution in [0, 0.1) is 5.92 Å². The van der Waals surface area contributed by atoms with Gasteiger partial charge in [-0.3, -0.25) is 10.1 Å². The molecule has 7 heteroatoms. The maximum absolute atomic E-state index is 12.2. The van der Waals surface area contributed by atoms with Gasteiger partial charge in [0.2, 0.25) is 11.8 Å². The summed E-state index contributed by atoms with van der Waals surface area (Å²) >= 11 is 0. The smallest absolute Gasteiger partial charge is 0.322 e. The van der Waals surface area contributed by atoms with Crippen molar-refractivity contribution in [3.63, 3.8) is 0 Å². The molecule has 2 unspecified atom stereocenters. The minimum Gasteiger partial charge on any atom is -0.408 e. The van der Waals surface area contributed by atoms with Crippen LogP contribution < -0.4 is 10.6 Å². The van der Waals surface area contributed by atoms with E-state index < -0.39 is 0 Å². The van der Waals surface area contributed by atoms with Crippen LogP contribution in [0.15, 0.2) is 4.42 Å². The van der Waals surface area contributed by atoms with E-state index in [4.69, 9.17) is 9.15 Å². The molecule has 2 N–H and O–H groups in total. The Morgan fingerprint density at radius 1 is 1.35 bits per heavy atom. The molecule has 2 fully saturated rings. The van der Waals surface area contributed by atoms with E-state index in [0.29, 0.717) is 25.0 Å².